The molecule has 0 amide bonds. The second-order valence-corrected chi connectivity index (χ2v) is 6.75. The Morgan fingerprint density at radius 3 is 3.00 bits per heavy atom. The molecule has 3 rings (SSSR count). The van der Waals surface area contributed by atoms with Crippen LogP contribution in [0.15, 0.2) is 0 Å². The van der Waals surface area contributed by atoms with Crippen molar-refractivity contribution in [1.82, 2.24) is 5.32 Å². The predicted octanol–water partition coefficient (Wildman–Crippen LogP) is 2.42. The summed E-state index contributed by atoms with van der Waals surface area (Å²) in [5.74, 6) is 0.626. The number of hydrogen-bond donors (Lipinski definition) is 1. The van der Waals surface area contributed by atoms with Crippen LogP contribution >= 0.6 is 11.3 Å². The molecule has 0 spiro atoms. The highest BCUT2D eigenvalue weighted by Gasteiger charge is 2.34. The van der Waals surface area contributed by atoms with Gasteiger partial charge in [-0.25, -0.2) is 4.79 Å². The maximum Gasteiger partial charge on any atom is 0.341 e. The molecular weight excluding hydrogens is 272 g/mol. The molecule has 0 saturated carbocycles. The first-order valence-corrected chi connectivity index (χ1v) is 8.24. The van der Waals surface area contributed by atoms with Crippen molar-refractivity contribution in [2.24, 2.45) is 5.92 Å². The van der Waals surface area contributed by atoms with E-state index in [0.29, 0.717) is 0 Å². The first kappa shape index (κ1) is 13.9. The van der Waals surface area contributed by atoms with Crippen LogP contribution in [0.4, 0.5) is 5.00 Å². The molecule has 2 aliphatic heterocycles. The summed E-state index contributed by atoms with van der Waals surface area (Å²) in [7, 11) is 1.48. The molecule has 2 aliphatic rings. The van der Waals surface area contributed by atoms with Crippen LogP contribution in [0, 0.1) is 5.92 Å². The normalized spacial score (nSPS) is 18.6. The van der Waals surface area contributed by atoms with Gasteiger partial charge in [0.1, 0.15) is 5.00 Å². The molecule has 1 aromatic heterocycles. The Morgan fingerprint density at radius 1 is 1.50 bits per heavy atom. The van der Waals surface area contributed by atoms with Crippen LogP contribution in [0.25, 0.3) is 0 Å². The number of hydrogen-bond acceptors (Lipinski definition) is 5. The minimum absolute atomic E-state index is 0.168. The van der Waals surface area contributed by atoms with Crippen molar-refractivity contribution in [2.45, 2.75) is 32.7 Å². The van der Waals surface area contributed by atoms with E-state index in [0.717, 1.165) is 49.1 Å². The number of methoxy groups -OCH3 is 1. The first-order chi connectivity index (χ1) is 9.74. The number of anilines is 1. The Bertz CT molecular complexity index is 506. The molecular formula is C15H22N2O2S. The molecule has 0 radical (unpaired) electrons. The van der Waals surface area contributed by atoms with Gasteiger partial charge in [-0.05, 0) is 30.9 Å². The van der Waals surface area contributed by atoms with E-state index in [1.165, 1.54) is 30.4 Å². The first-order valence-electron chi connectivity index (χ1n) is 7.43. The van der Waals surface area contributed by atoms with Gasteiger partial charge >= 0.3 is 5.97 Å². The smallest absolute Gasteiger partial charge is 0.341 e. The second kappa shape index (κ2) is 5.74. The number of carbonyl (C=O) groups excluding carboxylic acids is 1. The zero-order chi connectivity index (χ0) is 14.1. The lowest BCUT2D eigenvalue weighted by Gasteiger charge is -2.40. The number of ether oxygens (including phenoxy) is 1. The van der Waals surface area contributed by atoms with Crippen LogP contribution in [0.5, 0.6) is 0 Å². The molecule has 1 aromatic rings. The third-order valence-electron chi connectivity index (χ3n) is 4.24. The van der Waals surface area contributed by atoms with Crippen LogP contribution in [-0.4, -0.2) is 32.7 Å². The highest BCUT2D eigenvalue weighted by atomic mass is 32.1. The van der Waals surface area contributed by atoms with Gasteiger partial charge < -0.3 is 15.0 Å². The van der Waals surface area contributed by atoms with Crippen molar-refractivity contribution in [2.75, 3.05) is 31.6 Å². The van der Waals surface area contributed by atoms with Gasteiger partial charge in [-0.15, -0.1) is 11.3 Å². The van der Waals surface area contributed by atoms with E-state index in [1.54, 1.807) is 11.3 Å². The van der Waals surface area contributed by atoms with Gasteiger partial charge in [0.2, 0.25) is 0 Å². The maximum absolute atomic E-state index is 12.2. The zero-order valence-electron chi connectivity index (χ0n) is 12.2. The van der Waals surface area contributed by atoms with Crippen LogP contribution in [0.1, 0.15) is 40.6 Å². The summed E-state index contributed by atoms with van der Waals surface area (Å²) in [6, 6.07) is 0. The minimum Gasteiger partial charge on any atom is -0.465 e. The monoisotopic (exact) mass is 294 g/mol. The van der Waals surface area contributed by atoms with E-state index < -0.39 is 0 Å². The maximum atomic E-state index is 12.2. The van der Waals surface area contributed by atoms with E-state index in [9.17, 15) is 4.79 Å². The molecule has 3 heterocycles. The third-order valence-corrected chi connectivity index (χ3v) is 5.53. The lowest BCUT2D eigenvalue weighted by molar-refractivity contribution is 0.0600. The van der Waals surface area contributed by atoms with Crippen molar-refractivity contribution in [1.29, 1.82) is 0 Å². The summed E-state index contributed by atoms with van der Waals surface area (Å²) >= 11 is 1.77. The van der Waals surface area contributed by atoms with Gasteiger partial charge in [-0.3, -0.25) is 0 Å². The molecule has 5 heteroatoms. The van der Waals surface area contributed by atoms with E-state index in [2.05, 4.69) is 17.1 Å². The number of nitrogens with zero attached hydrogens (tertiary/aromatic N) is 1. The van der Waals surface area contributed by atoms with E-state index in [-0.39, 0.29) is 5.97 Å². The molecule has 1 N–H and O–H groups in total. The summed E-state index contributed by atoms with van der Waals surface area (Å²) in [5.41, 5.74) is 2.05. The Morgan fingerprint density at radius 2 is 2.30 bits per heavy atom. The summed E-state index contributed by atoms with van der Waals surface area (Å²) in [6.07, 6.45) is 3.46. The number of carbonyl (C=O) groups is 1. The fraction of sp³-hybridized carbons (Fsp3) is 0.667. The van der Waals surface area contributed by atoms with E-state index >= 15 is 0 Å². The summed E-state index contributed by atoms with van der Waals surface area (Å²) in [5, 5.41) is 4.52. The fourth-order valence-electron chi connectivity index (χ4n) is 3.18. The number of thiophene rings is 1. The average Bonchev–Trinajstić information content (AvgIpc) is 2.80. The lowest BCUT2D eigenvalue weighted by atomic mass is 9.94. The Balaban J connectivity index is 1.87. The zero-order valence-corrected chi connectivity index (χ0v) is 13.0. The number of nitrogens with one attached hydrogen (secondary N) is 1. The van der Waals surface area contributed by atoms with E-state index in [1.807, 2.05) is 0 Å². The molecule has 0 atom stereocenters. The van der Waals surface area contributed by atoms with Gasteiger partial charge in [0.25, 0.3) is 0 Å². The Labute approximate surface area is 124 Å². The molecule has 20 heavy (non-hydrogen) atoms. The van der Waals surface area contributed by atoms with Gasteiger partial charge in [-0.2, -0.15) is 0 Å². The highest BCUT2D eigenvalue weighted by molar-refractivity contribution is 7.16. The summed E-state index contributed by atoms with van der Waals surface area (Å²) < 4.78 is 5.02. The quantitative estimate of drug-likeness (QED) is 0.866. The number of esters is 1. The van der Waals surface area contributed by atoms with Gasteiger partial charge in [0, 0.05) is 24.5 Å². The van der Waals surface area contributed by atoms with Crippen LogP contribution < -0.4 is 10.2 Å². The van der Waals surface area contributed by atoms with Crippen LogP contribution in [0.3, 0.4) is 0 Å². The van der Waals surface area contributed by atoms with Gasteiger partial charge in [0.05, 0.1) is 12.7 Å². The average molecular weight is 294 g/mol. The molecule has 0 unspecified atom stereocenters. The SMILES string of the molecule is CCCC1CN(c2sc3c(c2C(=O)OC)CCNC3)C1. The molecule has 1 fully saturated rings. The van der Waals surface area contributed by atoms with Crippen molar-refractivity contribution in [3.8, 4) is 0 Å². The van der Waals surface area contributed by atoms with Crippen LogP contribution in [0.2, 0.25) is 0 Å². The fourth-order valence-corrected chi connectivity index (χ4v) is 4.50. The molecule has 0 aromatic carbocycles. The minimum atomic E-state index is -0.168. The summed E-state index contributed by atoms with van der Waals surface area (Å²) in [6.45, 7) is 6.25. The largest absolute Gasteiger partial charge is 0.465 e. The van der Waals surface area contributed by atoms with Crippen molar-refractivity contribution < 1.29 is 9.53 Å². The van der Waals surface area contributed by atoms with E-state index in [4.69, 9.17) is 4.74 Å². The number of fused-ring (bicyclic) bond motifs is 1. The topological polar surface area (TPSA) is 41.6 Å². The molecule has 4 nitrogen and oxygen atoms in total. The third kappa shape index (κ3) is 2.33. The van der Waals surface area contributed by atoms with Gasteiger partial charge in [0.15, 0.2) is 0 Å². The second-order valence-electron chi connectivity index (χ2n) is 5.66. The Hall–Kier alpha value is -1.07. The number of rotatable bonds is 4. The van der Waals surface area contributed by atoms with Crippen LogP contribution in [-0.2, 0) is 17.7 Å². The van der Waals surface area contributed by atoms with Crippen molar-refractivity contribution in [3.63, 3.8) is 0 Å². The standard InChI is InChI=1S/C15H22N2O2S/c1-3-4-10-8-17(9-10)14-13(15(18)19-2)11-5-6-16-7-12(11)20-14/h10,16H,3-9H2,1-2H3. The molecule has 0 bridgehead atoms. The lowest BCUT2D eigenvalue weighted by Crippen LogP contribution is -2.46. The van der Waals surface area contributed by atoms with Crippen molar-refractivity contribution in [3.05, 3.63) is 16.0 Å². The van der Waals surface area contributed by atoms with Gasteiger partial charge in [-0.1, -0.05) is 13.3 Å². The molecule has 1 saturated heterocycles. The predicted molar refractivity (Wildman–Crippen MR) is 81.7 cm³/mol. The Kier molecular flexibility index (Phi) is 3.98. The summed E-state index contributed by atoms with van der Waals surface area (Å²) in [4.78, 5) is 15.8. The molecule has 0 aliphatic carbocycles. The highest BCUT2D eigenvalue weighted by Crippen LogP contribution is 2.41. The van der Waals surface area contributed by atoms with Crippen molar-refractivity contribution >= 4 is 22.3 Å². The molecule has 110 valence electrons.